The fraction of sp³-hybridized carbons (Fsp3) is 0.455. The highest BCUT2D eigenvalue weighted by Gasteiger charge is 2.13. The van der Waals surface area contributed by atoms with Crippen LogP contribution < -0.4 is 4.74 Å². The van der Waals surface area contributed by atoms with Crippen LogP contribution in [0.1, 0.15) is 18.1 Å². The molecule has 1 aromatic carbocycles. The monoisotopic (exact) mass is 198 g/mol. The standard InChI is InChI=1S/C11H15FO2/c1-7-4-5-10(14-3)9(11(7)12)6-8(2)13/h4-5,8,13H,6H2,1-3H3. The molecule has 1 rings (SSSR count). The van der Waals surface area contributed by atoms with Gasteiger partial charge in [-0.05, 0) is 25.5 Å². The molecule has 0 amide bonds. The maximum atomic E-state index is 13.6. The lowest BCUT2D eigenvalue weighted by molar-refractivity contribution is 0.192. The first kappa shape index (κ1) is 11.0. The average Bonchev–Trinajstić information content (AvgIpc) is 2.13. The Morgan fingerprint density at radius 3 is 2.64 bits per heavy atom. The summed E-state index contributed by atoms with van der Waals surface area (Å²) in [7, 11) is 1.50. The van der Waals surface area contributed by atoms with Gasteiger partial charge in [0.05, 0.1) is 13.2 Å². The van der Waals surface area contributed by atoms with Crippen LogP contribution in [0.2, 0.25) is 0 Å². The van der Waals surface area contributed by atoms with Crippen LogP contribution in [0.4, 0.5) is 4.39 Å². The lowest BCUT2D eigenvalue weighted by Gasteiger charge is -2.12. The molecule has 3 heteroatoms. The van der Waals surface area contributed by atoms with E-state index >= 15 is 0 Å². The summed E-state index contributed by atoms with van der Waals surface area (Å²) in [5, 5.41) is 9.22. The maximum Gasteiger partial charge on any atom is 0.133 e. The summed E-state index contributed by atoms with van der Waals surface area (Å²) in [6.45, 7) is 3.32. The molecule has 1 unspecified atom stereocenters. The van der Waals surface area contributed by atoms with E-state index in [4.69, 9.17) is 4.74 Å². The third-order valence-corrected chi connectivity index (χ3v) is 2.11. The normalized spacial score (nSPS) is 12.6. The molecule has 0 saturated carbocycles. The van der Waals surface area contributed by atoms with Gasteiger partial charge in [0.25, 0.3) is 0 Å². The quantitative estimate of drug-likeness (QED) is 0.805. The third kappa shape index (κ3) is 2.23. The van der Waals surface area contributed by atoms with Crippen LogP contribution >= 0.6 is 0 Å². The van der Waals surface area contributed by atoms with Crippen LogP contribution in [0.5, 0.6) is 5.75 Å². The molecular weight excluding hydrogens is 183 g/mol. The van der Waals surface area contributed by atoms with E-state index in [1.54, 1.807) is 26.0 Å². The summed E-state index contributed by atoms with van der Waals surface area (Å²) >= 11 is 0. The summed E-state index contributed by atoms with van der Waals surface area (Å²) in [6.07, 6.45) is -0.295. The van der Waals surface area contributed by atoms with Crippen molar-refractivity contribution in [1.29, 1.82) is 0 Å². The van der Waals surface area contributed by atoms with Gasteiger partial charge in [0.1, 0.15) is 11.6 Å². The van der Waals surface area contributed by atoms with Crippen molar-refractivity contribution in [2.75, 3.05) is 7.11 Å². The highest BCUT2D eigenvalue weighted by Crippen LogP contribution is 2.25. The van der Waals surface area contributed by atoms with Crippen molar-refractivity contribution in [1.82, 2.24) is 0 Å². The molecule has 14 heavy (non-hydrogen) atoms. The zero-order valence-corrected chi connectivity index (χ0v) is 8.67. The molecular formula is C11H15FO2. The van der Waals surface area contributed by atoms with Gasteiger partial charge in [-0.1, -0.05) is 6.07 Å². The van der Waals surface area contributed by atoms with Crippen LogP contribution in [0.15, 0.2) is 12.1 Å². The number of ether oxygens (including phenoxy) is 1. The van der Waals surface area contributed by atoms with E-state index in [1.165, 1.54) is 7.11 Å². The smallest absolute Gasteiger partial charge is 0.133 e. The first-order valence-corrected chi connectivity index (χ1v) is 4.56. The number of benzene rings is 1. The van der Waals surface area contributed by atoms with Crippen molar-refractivity contribution < 1.29 is 14.2 Å². The zero-order chi connectivity index (χ0) is 10.7. The molecule has 1 aromatic rings. The van der Waals surface area contributed by atoms with Crippen molar-refractivity contribution in [3.8, 4) is 5.75 Å². The molecule has 0 aliphatic rings. The third-order valence-electron chi connectivity index (χ3n) is 2.11. The number of hydrogen-bond donors (Lipinski definition) is 1. The predicted octanol–water partition coefficient (Wildman–Crippen LogP) is 2.07. The van der Waals surface area contributed by atoms with Crippen molar-refractivity contribution >= 4 is 0 Å². The molecule has 0 heterocycles. The molecule has 1 atom stereocenters. The molecule has 0 spiro atoms. The molecule has 0 bridgehead atoms. The van der Waals surface area contributed by atoms with E-state index < -0.39 is 6.10 Å². The summed E-state index contributed by atoms with van der Waals surface area (Å²) in [6, 6.07) is 3.38. The van der Waals surface area contributed by atoms with E-state index in [0.29, 0.717) is 16.9 Å². The molecule has 0 fully saturated rings. The molecule has 0 aliphatic heterocycles. The Morgan fingerprint density at radius 2 is 2.14 bits per heavy atom. The number of methoxy groups -OCH3 is 1. The van der Waals surface area contributed by atoms with Gasteiger partial charge < -0.3 is 9.84 Å². The van der Waals surface area contributed by atoms with Crippen molar-refractivity contribution in [3.63, 3.8) is 0 Å². The molecule has 0 saturated heterocycles. The minimum absolute atomic E-state index is 0.274. The van der Waals surface area contributed by atoms with Crippen LogP contribution in [0.25, 0.3) is 0 Å². The molecule has 1 N–H and O–H groups in total. The van der Waals surface area contributed by atoms with Crippen molar-refractivity contribution in [2.45, 2.75) is 26.4 Å². The van der Waals surface area contributed by atoms with E-state index in [9.17, 15) is 9.50 Å². The SMILES string of the molecule is COc1ccc(C)c(F)c1CC(C)O. The van der Waals surface area contributed by atoms with Gasteiger partial charge in [-0.2, -0.15) is 0 Å². The maximum absolute atomic E-state index is 13.6. The first-order valence-electron chi connectivity index (χ1n) is 4.56. The zero-order valence-electron chi connectivity index (χ0n) is 8.67. The predicted molar refractivity (Wildman–Crippen MR) is 53.1 cm³/mol. The summed E-state index contributed by atoms with van der Waals surface area (Å²) in [4.78, 5) is 0. The second kappa shape index (κ2) is 4.42. The Morgan fingerprint density at radius 1 is 1.50 bits per heavy atom. The van der Waals surface area contributed by atoms with E-state index in [-0.39, 0.29) is 12.2 Å². The van der Waals surface area contributed by atoms with Crippen LogP contribution in [0.3, 0.4) is 0 Å². The van der Waals surface area contributed by atoms with Crippen LogP contribution in [-0.2, 0) is 6.42 Å². The van der Waals surface area contributed by atoms with Gasteiger partial charge in [0, 0.05) is 12.0 Å². The Labute approximate surface area is 83.3 Å². The van der Waals surface area contributed by atoms with Crippen LogP contribution in [-0.4, -0.2) is 18.3 Å². The minimum atomic E-state index is -0.569. The second-order valence-electron chi connectivity index (χ2n) is 3.43. The Balaban J connectivity index is 3.14. The number of hydrogen-bond acceptors (Lipinski definition) is 2. The number of aliphatic hydroxyl groups excluding tert-OH is 1. The highest BCUT2D eigenvalue weighted by atomic mass is 19.1. The Bertz CT molecular complexity index is 321. The molecule has 0 aliphatic carbocycles. The average molecular weight is 198 g/mol. The van der Waals surface area contributed by atoms with Gasteiger partial charge in [0.15, 0.2) is 0 Å². The number of aryl methyl sites for hydroxylation is 1. The highest BCUT2D eigenvalue weighted by molar-refractivity contribution is 5.38. The fourth-order valence-corrected chi connectivity index (χ4v) is 1.40. The second-order valence-corrected chi connectivity index (χ2v) is 3.43. The Kier molecular flexibility index (Phi) is 3.47. The number of halogens is 1. The molecule has 0 aromatic heterocycles. The molecule has 0 radical (unpaired) electrons. The van der Waals surface area contributed by atoms with E-state index in [1.807, 2.05) is 0 Å². The van der Waals surface area contributed by atoms with Crippen molar-refractivity contribution in [2.24, 2.45) is 0 Å². The lowest BCUT2D eigenvalue weighted by Crippen LogP contribution is -2.08. The summed E-state index contributed by atoms with van der Waals surface area (Å²) in [5.41, 5.74) is 1.02. The summed E-state index contributed by atoms with van der Waals surface area (Å²) < 4.78 is 18.6. The van der Waals surface area contributed by atoms with Gasteiger partial charge in [-0.25, -0.2) is 4.39 Å². The van der Waals surface area contributed by atoms with Gasteiger partial charge in [-0.15, -0.1) is 0 Å². The van der Waals surface area contributed by atoms with Gasteiger partial charge in [0.2, 0.25) is 0 Å². The summed E-state index contributed by atoms with van der Waals surface area (Å²) in [5.74, 6) is 0.208. The van der Waals surface area contributed by atoms with E-state index in [2.05, 4.69) is 0 Å². The molecule has 78 valence electrons. The minimum Gasteiger partial charge on any atom is -0.496 e. The largest absolute Gasteiger partial charge is 0.496 e. The fourth-order valence-electron chi connectivity index (χ4n) is 1.40. The topological polar surface area (TPSA) is 29.5 Å². The Hall–Kier alpha value is -1.09. The van der Waals surface area contributed by atoms with Crippen LogP contribution in [0, 0.1) is 12.7 Å². The van der Waals surface area contributed by atoms with Gasteiger partial charge >= 0.3 is 0 Å². The number of rotatable bonds is 3. The van der Waals surface area contributed by atoms with E-state index in [0.717, 1.165) is 0 Å². The first-order chi connectivity index (χ1) is 6.56. The van der Waals surface area contributed by atoms with Gasteiger partial charge in [-0.3, -0.25) is 0 Å². The van der Waals surface area contributed by atoms with Crippen molar-refractivity contribution in [3.05, 3.63) is 29.1 Å². The molecule has 2 nitrogen and oxygen atoms in total. The lowest BCUT2D eigenvalue weighted by atomic mass is 10.0. The number of aliphatic hydroxyl groups is 1.